The summed E-state index contributed by atoms with van der Waals surface area (Å²) in [7, 11) is 0. The molecule has 2 heterocycles. The molecule has 0 radical (unpaired) electrons. The number of hydrogen-bond donors (Lipinski definition) is 2. The zero-order valence-electron chi connectivity index (χ0n) is 18.2. The molecule has 6 heteroatoms. The SMILES string of the molecule is CCNC(=NCCc1nc(C(C)(C)C)cs1)NC1CCN(c2ccccc2)CC1. The maximum atomic E-state index is 4.80. The van der Waals surface area contributed by atoms with Gasteiger partial charge in [0.25, 0.3) is 0 Å². The third-order valence-electron chi connectivity index (χ3n) is 5.22. The second-order valence-corrected chi connectivity index (χ2v) is 9.57. The van der Waals surface area contributed by atoms with E-state index in [2.05, 4.69) is 78.9 Å². The van der Waals surface area contributed by atoms with Crippen LogP contribution in [-0.4, -0.2) is 43.2 Å². The van der Waals surface area contributed by atoms with E-state index in [-0.39, 0.29) is 5.41 Å². The number of piperidine rings is 1. The van der Waals surface area contributed by atoms with E-state index in [1.807, 2.05) is 0 Å². The van der Waals surface area contributed by atoms with Crippen molar-refractivity contribution in [3.05, 3.63) is 46.4 Å². The molecule has 0 bridgehead atoms. The van der Waals surface area contributed by atoms with Gasteiger partial charge in [0.15, 0.2) is 5.96 Å². The first-order valence-electron chi connectivity index (χ1n) is 10.8. The van der Waals surface area contributed by atoms with E-state index in [4.69, 9.17) is 9.98 Å². The molecule has 1 saturated heterocycles. The normalized spacial score (nSPS) is 16.1. The molecule has 0 aliphatic carbocycles. The summed E-state index contributed by atoms with van der Waals surface area (Å²) in [5.74, 6) is 0.929. The van der Waals surface area contributed by atoms with Gasteiger partial charge in [0.2, 0.25) is 0 Å². The summed E-state index contributed by atoms with van der Waals surface area (Å²) in [6.07, 6.45) is 3.14. The Morgan fingerprint density at radius 1 is 1.21 bits per heavy atom. The zero-order chi connectivity index (χ0) is 20.7. The lowest BCUT2D eigenvalue weighted by atomic mass is 9.93. The van der Waals surface area contributed by atoms with Crippen LogP contribution in [0.3, 0.4) is 0 Å². The number of thiazole rings is 1. The van der Waals surface area contributed by atoms with E-state index < -0.39 is 0 Å². The average molecular weight is 414 g/mol. The number of rotatable bonds is 6. The third-order valence-corrected chi connectivity index (χ3v) is 6.13. The van der Waals surface area contributed by atoms with Gasteiger partial charge in [-0.2, -0.15) is 0 Å². The Bertz CT molecular complexity index is 770. The number of anilines is 1. The Hall–Kier alpha value is -2.08. The molecule has 1 aromatic carbocycles. The highest BCUT2D eigenvalue weighted by Crippen LogP contribution is 2.24. The fourth-order valence-electron chi connectivity index (χ4n) is 3.47. The Kier molecular flexibility index (Phi) is 7.53. The van der Waals surface area contributed by atoms with Gasteiger partial charge in [0.1, 0.15) is 0 Å². The van der Waals surface area contributed by atoms with Gasteiger partial charge >= 0.3 is 0 Å². The number of nitrogens with one attached hydrogen (secondary N) is 2. The third kappa shape index (κ3) is 6.46. The number of para-hydroxylation sites is 1. The minimum absolute atomic E-state index is 0.114. The van der Waals surface area contributed by atoms with E-state index in [0.29, 0.717) is 6.04 Å². The lowest BCUT2D eigenvalue weighted by Crippen LogP contribution is -2.48. The van der Waals surface area contributed by atoms with Crippen LogP contribution in [0.1, 0.15) is 51.2 Å². The van der Waals surface area contributed by atoms with Crippen LogP contribution in [0, 0.1) is 0 Å². The van der Waals surface area contributed by atoms with E-state index >= 15 is 0 Å². The quantitative estimate of drug-likeness (QED) is 0.550. The largest absolute Gasteiger partial charge is 0.371 e. The molecule has 5 nitrogen and oxygen atoms in total. The van der Waals surface area contributed by atoms with Crippen molar-refractivity contribution in [3.8, 4) is 0 Å². The van der Waals surface area contributed by atoms with Crippen molar-refractivity contribution in [1.82, 2.24) is 15.6 Å². The van der Waals surface area contributed by atoms with E-state index in [9.17, 15) is 0 Å². The lowest BCUT2D eigenvalue weighted by molar-refractivity contribution is 0.461. The Labute approximate surface area is 179 Å². The Morgan fingerprint density at radius 3 is 2.55 bits per heavy atom. The molecule has 0 spiro atoms. The number of aliphatic imine (C=N–C) groups is 1. The molecule has 0 atom stereocenters. The average Bonchev–Trinajstić information content (AvgIpc) is 3.19. The Morgan fingerprint density at radius 2 is 1.93 bits per heavy atom. The highest BCUT2D eigenvalue weighted by Gasteiger charge is 2.20. The van der Waals surface area contributed by atoms with Gasteiger partial charge in [-0.3, -0.25) is 4.99 Å². The molecule has 1 aliphatic heterocycles. The van der Waals surface area contributed by atoms with Gasteiger partial charge in [0.05, 0.1) is 10.7 Å². The van der Waals surface area contributed by atoms with Gasteiger partial charge < -0.3 is 15.5 Å². The van der Waals surface area contributed by atoms with Gasteiger partial charge in [0, 0.05) is 55.1 Å². The maximum absolute atomic E-state index is 4.80. The fraction of sp³-hybridized carbons (Fsp3) is 0.565. The summed E-state index contributed by atoms with van der Waals surface area (Å²) in [5, 5.41) is 10.4. The summed E-state index contributed by atoms with van der Waals surface area (Å²) in [5.41, 5.74) is 2.62. The Balaban J connectivity index is 1.49. The summed E-state index contributed by atoms with van der Waals surface area (Å²) in [6, 6.07) is 11.2. The van der Waals surface area contributed by atoms with Crippen molar-refractivity contribution in [1.29, 1.82) is 0 Å². The van der Waals surface area contributed by atoms with Crippen molar-refractivity contribution in [2.75, 3.05) is 31.1 Å². The monoisotopic (exact) mass is 413 g/mol. The molecule has 1 aliphatic rings. The van der Waals surface area contributed by atoms with Crippen LogP contribution >= 0.6 is 11.3 Å². The number of hydrogen-bond acceptors (Lipinski definition) is 4. The van der Waals surface area contributed by atoms with Crippen molar-refractivity contribution < 1.29 is 0 Å². The summed E-state index contributed by atoms with van der Waals surface area (Å²) >= 11 is 1.75. The summed E-state index contributed by atoms with van der Waals surface area (Å²) in [4.78, 5) is 12.0. The maximum Gasteiger partial charge on any atom is 0.191 e. The molecule has 2 aromatic rings. The van der Waals surface area contributed by atoms with Crippen LogP contribution in [0.5, 0.6) is 0 Å². The predicted molar refractivity (Wildman–Crippen MR) is 125 cm³/mol. The molecule has 1 aromatic heterocycles. The molecule has 0 saturated carbocycles. The number of nitrogens with zero attached hydrogens (tertiary/aromatic N) is 3. The van der Waals surface area contributed by atoms with Crippen molar-refractivity contribution >= 4 is 23.0 Å². The van der Waals surface area contributed by atoms with Crippen LogP contribution in [-0.2, 0) is 11.8 Å². The van der Waals surface area contributed by atoms with E-state index in [1.165, 1.54) is 16.4 Å². The lowest BCUT2D eigenvalue weighted by Gasteiger charge is -2.34. The topological polar surface area (TPSA) is 52.6 Å². The van der Waals surface area contributed by atoms with E-state index in [1.54, 1.807) is 11.3 Å². The molecule has 3 rings (SSSR count). The fourth-order valence-corrected chi connectivity index (χ4v) is 4.48. The highest BCUT2D eigenvalue weighted by molar-refractivity contribution is 7.09. The van der Waals surface area contributed by atoms with Crippen molar-refractivity contribution in [2.24, 2.45) is 4.99 Å². The number of aromatic nitrogens is 1. The van der Waals surface area contributed by atoms with Crippen molar-refractivity contribution in [3.63, 3.8) is 0 Å². The van der Waals surface area contributed by atoms with Crippen LogP contribution in [0.2, 0.25) is 0 Å². The van der Waals surface area contributed by atoms with Crippen LogP contribution in [0.4, 0.5) is 5.69 Å². The first-order valence-corrected chi connectivity index (χ1v) is 11.6. The second-order valence-electron chi connectivity index (χ2n) is 8.63. The van der Waals surface area contributed by atoms with Crippen LogP contribution < -0.4 is 15.5 Å². The molecule has 0 unspecified atom stereocenters. The minimum Gasteiger partial charge on any atom is -0.371 e. The zero-order valence-corrected chi connectivity index (χ0v) is 19.1. The molecule has 158 valence electrons. The van der Waals surface area contributed by atoms with Gasteiger partial charge in [-0.15, -0.1) is 11.3 Å². The van der Waals surface area contributed by atoms with Gasteiger partial charge in [-0.25, -0.2) is 4.98 Å². The van der Waals surface area contributed by atoms with Crippen LogP contribution in [0.25, 0.3) is 0 Å². The second kappa shape index (κ2) is 10.1. The summed E-state index contributed by atoms with van der Waals surface area (Å²) in [6.45, 7) is 12.5. The minimum atomic E-state index is 0.114. The molecular formula is C23H35N5S. The van der Waals surface area contributed by atoms with E-state index in [0.717, 1.165) is 51.4 Å². The molecule has 2 N–H and O–H groups in total. The standard InChI is InChI=1S/C23H35N5S/c1-5-24-22(25-14-11-21-27-20(17-29-21)23(2,3)4)26-18-12-15-28(16-13-18)19-9-7-6-8-10-19/h6-10,17-18H,5,11-16H2,1-4H3,(H2,24,25,26). The molecule has 1 fully saturated rings. The predicted octanol–water partition coefficient (Wildman–Crippen LogP) is 4.21. The first kappa shape index (κ1) is 21.6. The first-order chi connectivity index (χ1) is 14.0. The van der Waals surface area contributed by atoms with Gasteiger partial charge in [-0.1, -0.05) is 39.0 Å². The summed E-state index contributed by atoms with van der Waals surface area (Å²) < 4.78 is 0. The molecule has 0 amide bonds. The van der Waals surface area contributed by atoms with Crippen LogP contribution in [0.15, 0.2) is 40.7 Å². The van der Waals surface area contributed by atoms with Gasteiger partial charge in [-0.05, 0) is 31.9 Å². The highest BCUT2D eigenvalue weighted by atomic mass is 32.1. The molecular weight excluding hydrogens is 378 g/mol. The number of benzene rings is 1. The smallest absolute Gasteiger partial charge is 0.191 e. The molecule has 29 heavy (non-hydrogen) atoms. The van der Waals surface area contributed by atoms with Crippen molar-refractivity contribution in [2.45, 2.75) is 58.4 Å². The number of guanidine groups is 1.